The number of nitrogens with two attached hydrogens (primary N) is 1. The van der Waals surface area contributed by atoms with Crippen LogP contribution in [0, 0.1) is 0 Å². The van der Waals surface area contributed by atoms with Crippen LogP contribution in [-0.2, 0) is 55.6 Å². The van der Waals surface area contributed by atoms with Crippen molar-refractivity contribution in [3.8, 4) is 0 Å². The zero-order valence-corrected chi connectivity index (χ0v) is 50.7. The van der Waals surface area contributed by atoms with Crippen LogP contribution in [0.15, 0.2) is 66.7 Å². The second-order valence-corrected chi connectivity index (χ2v) is 26.7. The van der Waals surface area contributed by atoms with Gasteiger partial charge in [-0.2, -0.15) is 8.78 Å². The highest BCUT2D eigenvalue weighted by molar-refractivity contribution is 7.52. The Labute approximate surface area is 512 Å². The summed E-state index contributed by atoms with van der Waals surface area (Å²) in [5.41, 5.74) is 2.33. The summed E-state index contributed by atoms with van der Waals surface area (Å²) in [6.45, 7) is 7.22. The molecule has 24 nitrogen and oxygen atoms in total. The van der Waals surface area contributed by atoms with Gasteiger partial charge in [-0.05, 0) is 90.4 Å². The molecular weight excluding hydrogens is 1210 g/mol. The van der Waals surface area contributed by atoms with Crippen LogP contribution < -0.4 is 32.3 Å². The van der Waals surface area contributed by atoms with Gasteiger partial charge in [-0.3, -0.25) is 72.5 Å². The van der Waals surface area contributed by atoms with Gasteiger partial charge in [0, 0.05) is 93.6 Å². The molecule has 5 aliphatic rings. The van der Waals surface area contributed by atoms with Crippen molar-refractivity contribution in [1.82, 2.24) is 45.8 Å². The predicted octanol–water partition coefficient (Wildman–Crippen LogP) is 2.99. The maximum Gasteiger partial charge on any atom is 0.399 e. The normalized spacial score (nSPS) is 21.2. The zero-order valence-electron chi connectivity index (χ0n) is 49.0. The number of fused-ring (bicyclic) bond motifs is 3. The van der Waals surface area contributed by atoms with Gasteiger partial charge in [0.2, 0.25) is 41.4 Å². The lowest BCUT2D eigenvalue weighted by molar-refractivity contribution is -0.144. The number of anilines is 1. The third-order valence-electron chi connectivity index (χ3n) is 16.8. The molecule has 0 bridgehead atoms. The van der Waals surface area contributed by atoms with Crippen LogP contribution in [0.25, 0.3) is 10.1 Å². The molecule has 5 aliphatic heterocycles. The number of primary amides is 1. The average molecular weight is 1280 g/mol. The summed E-state index contributed by atoms with van der Waals surface area (Å²) < 4.78 is 69.0. The summed E-state index contributed by atoms with van der Waals surface area (Å²) in [5, 5.41) is 13.6. The standard InChI is InChI=1S/C59H70F4N11O13PS/c1-58(2,3)34-6-4-32(5-7-34)26-41(56(83)72-24-22-70(23-25-72)21-19-65-36-9-11-38-39(29-36)55(82)74(54(38)81)44-14-17-49(76)69-52(44)79)67-50(77)40(12-16-48(64)75)66-51(78)43-13-10-37-18-20-71(31-47(60)61)30-42(57(84)73(37)43)68-53(80)46-28-33-27-35(8-15-45(33)89-46)59(62,63)88(85,86)87/h4-9,11,15,27-29,37,40-44,47,65H,10,12-14,16-26,30-31H2,1-3H3,(H2,64,75)(H,66,78)(H,67,77)(H,68,80)(H,69,76,79)(H2,85,86,87)/t37-,40?,41?,42+,43+,44?/m1/s1. The molecule has 4 aromatic rings. The van der Waals surface area contributed by atoms with Gasteiger partial charge in [0.25, 0.3) is 24.1 Å². The van der Waals surface area contributed by atoms with E-state index in [9.17, 15) is 79.9 Å². The van der Waals surface area contributed by atoms with Crippen LogP contribution in [0.4, 0.5) is 23.2 Å². The molecular formula is C59H70F4N11O13PS. The average Bonchev–Trinajstić information content (AvgIpc) is 1.70. The minimum absolute atomic E-state index is 0.00958. The number of piperidine rings is 1. The number of halogens is 4. The van der Waals surface area contributed by atoms with Gasteiger partial charge in [-0.25, -0.2) is 8.78 Å². The van der Waals surface area contributed by atoms with Crippen LogP contribution in [0.5, 0.6) is 0 Å². The summed E-state index contributed by atoms with van der Waals surface area (Å²) in [6, 6.07) is 8.89. The Morgan fingerprint density at radius 2 is 1.51 bits per heavy atom. The van der Waals surface area contributed by atoms with E-state index in [-0.39, 0.29) is 103 Å². The monoisotopic (exact) mass is 1280 g/mol. The molecule has 9 rings (SSSR count). The van der Waals surface area contributed by atoms with Crippen molar-refractivity contribution in [1.29, 1.82) is 0 Å². The molecule has 4 fully saturated rings. The molecule has 6 atom stereocenters. The molecule has 0 saturated carbocycles. The van der Waals surface area contributed by atoms with Gasteiger partial charge in [-0.15, -0.1) is 11.3 Å². The number of rotatable bonds is 21. The van der Waals surface area contributed by atoms with E-state index in [0.29, 0.717) is 37.4 Å². The van der Waals surface area contributed by atoms with Crippen molar-refractivity contribution in [2.24, 2.45) is 5.73 Å². The fraction of sp³-hybridized carbons (Fsp3) is 0.492. The fourth-order valence-corrected chi connectivity index (χ4v) is 13.4. The molecule has 0 spiro atoms. The number of benzene rings is 3. The summed E-state index contributed by atoms with van der Waals surface area (Å²) >= 11 is 0.806. The van der Waals surface area contributed by atoms with E-state index in [1.54, 1.807) is 17.0 Å². The molecule has 10 amide bonds. The zero-order chi connectivity index (χ0) is 64.4. The smallest absolute Gasteiger partial charge is 0.384 e. The quantitative estimate of drug-likeness (QED) is 0.0338. The third kappa shape index (κ3) is 15.0. The predicted molar refractivity (Wildman–Crippen MR) is 315 cm³/mol. The van der Waals surface area contributed by atoms with Gasteiger partial charge in [0.1, 0.15) is 30.2 Å². The number of hydrogen-bond donors (Lipinski definition) is 8. The van der Waals surface area contributed by atoms with Crippen molar-refractivity contribution in [2.75, 3.05) is 64.2 Å². The van der Waals surface area contributed by atoms with Crippen LogP contribution in [0.1, 0.15) is 113 Å². The molecule has 30 heteroatoms. The van der Waals surface area contributed by atoms with Crippen LogP contribution >= 0.6 is 18.9 Å². The highest BCUT2D eigenvalue weighted by Crippen LogP contribution is 2.59. The molecule has 3 unspecified atom stereocenters. The Balaban J connectivity index is 0.869. The first-order valence-electron chi connectivity index (χ1n) is 29.2. The molecule has 0 aliphatic carbocycles. The Bertz CT molecular complexity index is 3500. The van der Waals surface area contributed by atoms with E-state index >= 15 is 0 Å². The van der Waals surface area contributed by atoms with Crippen LogP contribution in [0.2, 0.25) is 0 Å². The summed E-state index contributed by atoms with van der Waals surface area (Å²) in [7, 11) is -5.94. The number of carbonyl (C=O) groups excluding carboxylic acids is 10. The summed E-state index contributed by atoms with van der Waals surface area (Å²) in [5.74, 6) is -7.08. The minimum Gasteiger partial charge on any atom is -0.384 e. The number of nitrogens with one attached hydrogen (secondary N) is 5. The first kappa shape index (κ1) is 65.7. The maximum atomic E-state index is 14.8. The second-order valence-electron chi connectivity index (χ2n) is 24.0. The van der Waals surface area contributed by atoms with Gasteiger partial charge < -0.3 is 46.6 Å². The van der Waals surface area contributed by atoms with E-state index < -0.39 is 134 Å². The molecule has 4 saturated heterocycles. The first-order valence-corrected chi connectivity index (χ1v) is 31.6. The van der Waals surface area contributed by atoms with Crippen LogP contribution in [0.3, 0.4) is 0 Å². The van der Waals surface area contributed by atoms with E-state index in [4.69, 9.17) is 5.73 Å². The summed E-state index contributed by atoms with van der Waals surface area (Å²) in [4.78, 5) is 161. The van der Waals surface area contributed by atoms with Gasteiger partial charge in [0.15, 0.2) is 0 Å². The van der Waals surface area contributed by atoms with Gasteiger partial charge in [-0.1, -0.05) is 51.1 Å². The van der Waals surface area contributed by atoms with E-state index in [0.717, 1.165) is 40.0 Å². The molecule has 1 aromatic heterocycles. The topological polar surface area (TPSA) is 331 Å². The molecule has 9 N–H and O–H groups in total. The fourth-order valence-electron chi connectivity index (χ4n) is 11.9. The molecule has 3 aromatic carbocycles. The lowest BCUT2D eigenvalue weighted by atomic mass is 9.86. The molecule has 478 valence electrons. The Morgan fingerprint density at radius 3 is 2.17 bits per heavy atom. The first-order chi connectivity index (χ1) is 42.0. The number of alkyl halides is 4. The Morgan fingerprint density at radius 1 is 0.809 bits per heavy atom. The van der Waals surface area contributed by atoms with Gasteiger partial charge in [0.05, 0.1) is 22.5 Å². The van der Waals surface area contributed by atoms with E-state index in [2.05, 4.69) is 31.5 Å². The molecule has 6 heterocycles. The second kappa shape index (κ2) is 26.8. The van der Waals surface area contributed by atoms with Crippen molar-refractivity contribution in [2.45, 2.75) is 126 Å². The minimum atomic E-state index is -5.94. The number of amides is 10. The number of piperazine rings is 1. The maximum absolute atomic E-state index is 14.8. The molecule has 89 heavy (non-hydrogen) atoms. The Hall–Kier alpha value is -7.69. The van der Waals surface area contributed by atoms with Crippen molar-refractivity contribution in [3.05, 3.63) is 99.4 Å². The highest BCUT2D eigenvalue weighted by atomic mass is 32.1. The van der Waals surface area contributed by atoms with Crippen molar-refractivity contribution in [3.63, 3.8) is 0 Å². The largest absolute Gasteiger partial charge is 0.399 e. The number of nitrogens with zero attached hydrogens (tertiary/aromatic N) is 5. The SMILES string of the molecule is CC(C)(C)c1ccc(CC(NC(=O)C(CCC(N)=O)NC(=O)[C@@H]2CC[C@@H]3CCN(CC(F)F)C[C@H](NC(=O)c4cc5cc(C(F)(F)P(=O)(O)O)ccc5s4)C(=O)N32)C(=O)N2CCN(CCNc3ccc4c(c3)C(=O)N(C3CCC(=O)NC3=O)C4=O)CC2)cc1. The lowest BCUT2D eigenvalue weighted by Gasteiger charge is -2.39. The van der Waals surface area contributed by atoms with Crippen molar-refractivity contribution < 1.29 is 79.9 Å². The van der Waals surface area contributed by atoms with E-state index in [1.807, 2.05) is 45.0 Å². The number of carbonyl (C=O) groups is 10. The highest BCUT2D eigenvalue weighted by Gasteiger charge is 2.51. The van der Waals surface area contributed by atoms with Crippen molar-refractivity contribution >= 4 is 93.8 Å². The number of hydrogen-bond acceptors (Lipinski definition) is 15. The van der Waals surface area contributed by atoms with E-state index in [1.165, 1.54) is 21.9 Å². The number of imide groups is 2. The summed E-state index contributed by atoms with van der Waals surface area (Å²) in [6.07, 6.45) is -3.10. The van der Waals surface area contributed by atoms with Gasteiger partial charge >= 0.3 is 13.3 Å². The lowest BCUT2D eigenvalue weighted by Crippen LogP contribution is -2.62. The molecule has 0 radical (unpaired) electrons. The van der Waals surface area contributed by atoms with Crippen LogP contribution in [-0.4, -0.2) is 195 Å². The Kier molecular flexibility index (Phi) is 19.8. The third-order valence-corrected chi connectivity index (χ3v) is 18.9. The number of thiophene rings is 1.